The smallest absolute Gasteiger partial charge is 0.340 e. The first-order chi connectivity index (χ1) is 8.08. The van der Waals surface area contributed by atoms with Gasteiger partial charge in [-0.3, -0.25) is 4.79 Å². The molecule has 0 fully saturated rings. The van der Waals surface area contributed by atoms with Gasteiger partial charge in [0.2, 0.25) is 5.91 Å². The molecule has 1 amide bonds. The van der Waals surface area contributed by atoms with E-state index in [1.54, 1.807) is 6.07 Å². The first kappa shape index (κ1) is 13.0. The summed E-state index contributed by atoms with van der Waals surface area (Å²) in [6.07, 6.45) is -0.288. The predicted molar refractivity (Wildman–Crippen MR) is 61.7 cm³/mol. The number of rotatable bonds is 3. The summed E-state index contributed by atoms with van der Waals surface area (Å²) in [6.45, 7) is 0. The van der Waals surface area contributed by atoms with Gasteiger partial charge >= 0.3 is 5.97 Å². The quantitative estimate of drug-likeness (QED) is 0.834. The van der Waals surface area contributed by atoms with Crippen LogP contribution in [-0.4, -0.2) is 19.0 Å². The third-order valence-electron chi connectivity index (χ3n) is 1.90. The van der Waals surface area contributed by atoms with E-state index < -0.39 is 11.9 Å². The van der Waals surface area contributed by atoms with Crippen LogP contribution in [0, 0.1) is 11.3 Å². The number of anilines is 1. The molecule has 17 heavy (non-hydrogen) atoms. The number of hydrogen-bond donors (Lipinski definition) is 1. The van der Waals surface area contributed by atoms with Gasteiger partial charge in [0.05, 0.1) is 24.4 Å². The molecule has 0 saturated heterocycles. The zero-order chi connectivity index (χ0) is 12.8. The molecule has 0 spiro atoms. The highest BCUT2D eigenvalue weighted by atomic mass is 35.5. The zero-order valence-corrected chi connectivity index (χ0v) is 9.75. The molecule has 1 aromatic carbocycles. The standard InChI is InChI=1S/C11H9ClN2O3/c1-17-11(16)8-6-7(12)2-3-9(8)14-10(15)4-5-13/h2-3,6H,4H2,1H3,(H,14,15). The third-order valence-corrected chi connectivity index (χ3v) is 2.14. The van der Waals surface area contributed by atoms with Crippen LogP contribution in [0.5, 0.6) is 0 Å². The van der Waals surface area contributed by atoms with Gasteiger partial charge in [-0.25, -0.2) is 4.79 Å². The summed E-state index contributed by atoms with van der Waals surface area (Å²) in [7, 11) is 1.23. The van der Waals surface area contributed by atoms with E-state index in [-0.39, 0.29) is 17.7 Å². The lowest BCUT2D eigenvalue weighted by atomic mass is 10.1. The van der Waals surface area contributed by atoms with Crippen molar-refractivity contribution in [3.63, 3.8) is 0 Å². The van der Waals surface area contributed by atoms with E-state index in [2.05, 4.69) is 10.1 Å². The van der Waals surface area contributed by atoms with Crippen LogP contribution < -0.4 is 5.32 Å². The second-order valence-electron chi connectivity index (χ2n) is 3.06. The Labute approximate surface area is 103 Å². The lowest BCUT2D eigenvalue weighted by Gasteiger charge is -2.08. The number of nitrogens with one attached hydrogen (secondary N) is 1. The molecule has 0 aliphatic carbocycles. The number of nitriles is 1. The molecule has 0 saturated carbocycles. The Kier molecular flexibility index (Phi) is 4.49. The van der Waals surface area contributed by atoms with E-state index in [0.29, 0.717) is 5.02 Å². The molecule has 0 aliphatic heterocycles. The Bertz CT molecular complexity index is 494. The molecule has 88 valence electrons. The molecule has 0 aliphatic rings. The largest absolute Gasteiger partial charge is 0.465 e. The van der Waals surface area contributed by atoms with Gasteiger partial charge in [-0.1, -0.05) is 11.6 Å². The van der Waals surface area contributed by atoms with Crippen molar-refractivity contribution in [1.82, 2.24) is 0 Å². The number of benzene rings is 1. The number of halogens is 1. The Morgan fingerprint density at radius 2 is 2.24 bits per heavy atom. The van der Waals surface area contributed by atoms with Crippen LogP contribution in [0.25, 0.3) is 0 Å². The fourth-order valence-electron chi connectivity index (χ4n) is 1.17. The van der Waals surface area contributed by atoms with E-state index in [1.165, 1.54) is 25.3 Å². The molecule has 1 aromatic rings. The van der Waals surface area contributed by atoms with Crippen molar-refractivity contribution >= 4 is 29.2 Å². The maximum atomic E-state index is 11.4. The van der Waals surface area contributed by atoms with Crippen molar-refractivity contribution in [3.8, 4) is 6.07 Å². The topological polar surface area (TPSA) is 79.2 Å². The molecule has 5 nitrogen and oxygen atoms in total. The second kappa shape index (κ2) is 5.87. The maximum Gasteiger partial charge on any atom is 0.340 e. The third kappa shape index (κ3) is 3.47. The molecule has 1 N–H and O–H groups in total. The van der Waals surface area contributed by atoms with Crippen LogP contribution in [0.15, 0.2) is 18.2 Å². The van der Waals surface area contributed by atoms with E-state index in [1.807, 2.05) is 0 Å². The van der Waals surface area contributed by atoms with Gasteiger partial charge < -0.3 is 10.1 Å². The Hall–Kier alpha value is -2.06. The van der Waals surface area contributed by atoms with Crippen molar-refractivity contribution < 1.29 is 14.3 Å². The number of ether oxygens (including phenoxy) is 1. The lowest BCUT2D eigenvalue weighted by molar-refractivity contribution is -0.115. The summed E-state index contributed by atoms with van der Waals surface area (Å²) in [5.41, 5.74) is 0.410. The molecule has 0 radical (unpaired) electrons. The predicted octanol–water partition coefficient (Wildman–Crippen LogP) is 1.98. The number of esters is 1. The first-order valence-electron chi connectivity index (χ1n) is 4.63. The summed E-state index contributed by atoms with van der Waals surface area (Å²) < 4.78 is 4.56. The van der Waals surface area contributed by atoms with Crippen LogP contribution in [0.3, 0.4) is 0 Å². The second-order valence-corrected chi connectivity index (χ2v) is 3.50. The first-order valence-corrected chi connectivity index (χ1v) is 5.01. The fraction of sp³-hybridized carbons (Fsp3) is 0.182. The van der Waals surface area contributed by atoms with E-state index in [9.17, 15) is 9.59 Å². The van der Waals surface area contributed by atoms with Gasteiger partial charge in [0.15, 0.2) is 0 Å². The van der Waals surface area contributed by atoms with Crippen LogP contribution in [0.2, 0.25) is 5.02 Å². The van der Waals surface area contributed by atoms with Gasteiger partial charge in [0.1, 0.15) is 6.42 Å². The molecular formula is C11H9ClN2O3. The molecule has 0 heterocycles. The summed E-state index contributed by atoms with van der Waals surface area (Å²) >= 11 is 5.74. The number of carbonyl (C=O) groups is 2. The summed E-state index contributed by atoms with van der Waals surface area (Å²) in [4.78, 5) is 22.7. The zero-order valence-electron chi connectivity index (χ0n) is 8.99. The summed E-state index contributed by atoms with van der Waals surface area (Å²) in [6, 6.07) is 6.09. The number of carbonyl (C=O) groups excluding carboxylic acids is 2. The average Bonchev–Trinajstić information content (AvgIpc) is 2.30. The Balaban J connectivity index is 3.03. The molecule has 0 atom stereocenters. The van der Waals surface area contributed by atoms with Crippen LogP contribution in [0.1, 0.15) is 16.8 Å². The van der Waals surface area contributed by atoms with Gasteiger partial charge in [-0.15, -0.1) is 0 Å². The average molecular weight is 253 g/mol. The van der Waals surface area contributed by atoms with Gasteiger partial charge in [-0.2, -0.15) is 5.26 Å². The number of nitrogens with zero attached hydrogens (tertiary/aromatic N) is 1. The van der Waals surface area contributed by atoms with Crippen molar-refractivity contribution in [1.29, 1.82) is 5.26 Å². The molecular weight excluding hydrogens is 244 g/mol. The monoisotopic (exact) mass is 252 g/mol. The SMILES string of the molecule is COC(=O)c1cc(Cl)ccc1NC(=O)CC#N. The van der Waals surface area contributed by atoms with Crippen LogP contribution >= 0.6 is 11.6 Å². The summed E-state index contributed by atoms with van der Waals surface area (Å²) in [5.74, 6) is -1.11. The van der Waals surface area contributed by atoms with E-state index in [4.69, 9.17) is 16.9 Å². The Morgan fingerprint density at radius 1 is 1.53 bits per heavy atom. The molecule has 1 rings (SSSR count). The molecule has 0 unspecified atom stereocenters. The van der Waals surface area contributed by atoms with Gasteiger partial charge in [-0.05, 0) is 18.2 Å². The minimum Gasteiger partial charge on any atom is -0.465 e. The highest BCUT2D eigenvalue weighted by Gasteiger charge is 2.14. The highest BCUT2D eigenvalue weighted by Crippen LogP contribution is 2.21. The minimum atomic E-state index is -0.611. The van der Waals surface area contributed by atoms with Crippen molar-refractivity contribution in [2.45, 2.75) is 6.42 Å². The molecule has 0 aromatic heterocycles. The fourth-order valence-corrected chi connectivity index (χ4v) is 1.34. The maximum absolute atomic E-state index is 11.4. The summed E-state index contributed by atoms with van der Waals surface area (Å²) in [5, 5.41) is 11.1. The minimum absolute atomic E-state index is 0.145. The van der Waals surface area contributed by atoms with Gasteiger partial charge in [0, 0.05) is 5.02 Å². The number of methoxy groups -OCH3 is 1. The number of amides is 1. The van der Waals surface area contributed by atoms with Crippen molar-refractivity contribution in [3.05, 3.63) is 28.8 Å². The molecule has 0 bridgehead atoms. The number of hydrogen-bond acceptors (Lipinski definition) is 4. The highest BCUT2D eigenvalue weighted by molar-refractivity contribution is 6.31. The Morgan fingerprint density at radius 3 is 2.82 bits per heavy atom. The lowest BCUT2D eigenvalue weighted by Crippen LogP contribution is -2.14. The van der Waals surface area contributed by atoms with Crippen molar-refractivity contribution in [2.75, 3.05) is 12.4 Å². The van der Waals surface area contributed by atoms with Crippen molar-refractivity contribution in [2.24, 2.45) is 0 Å². The van der Waals surface area contributed by atoms with E-state index >= 15 is 0 Å². The normalized spacial score (nSPS) is 9.24. The van der Waals surface area contributed by atoms with E-state index in [0.717, 1.165) is 0 Å². The van der Waals surface area contributed by atoms with Crippen LogP contribution in [-0.2, 0) is 9.53 Å². The van der Waals surface area contributed by atoms with Gasteiger partial charge in [0.25, 0.3) is 0 Å². The van der Waals surface area contributed by atoms with Crippen LogP contribution in [0.4, 0.5) is 5.69 Å². The molecule has 6 heteroatoms.